The highest BCUT2D eigenvalue weighted by Gasteiger charge is 2.13. The van der Waals surface area contributed by atoms with Gasteiger partial charge in [-0.15, -0.1) is 16.4 Å². The first-order valence-electron chi connectivity index (χ1n) is 9.38. The van der Waals surface area contributed by atoms with Crippen molar-refractivity contribution in [2.75, 3.05) is 5.32 Å². The molecule has 0 aliphatic carbocycles. The quantitative estimate of drug-likeness (QED) is 0.367. The van der Waals surface area contributed by atoms with E-state index >= 15 is 0 Å². The van der Waals surface area contributed by atoms with E-state index in [-0.39, 0.29) is 11.9 Å². The zero-order chi connectivity index (χ0) is 21.8. The van der Waals surface area contributed by atoms with E-state index in [0.717, 1.165) is 22.4 Å². The van der Waals surface area contributed by atoms with E-state index in [4.69, 9.17) is 27.9 Å². The number of hydrogen-bond donors (Lipinski definition) is 1. The second-order valence-electron chi connectivity index (χ2n) is 6.83. The molecule has 0 aliphatic heterocycles. The van der Waals surface area contributed by atoms with Crippen LogP contribution < -0.4 is 10.1 Å². The van der Waals surface area contributed by atoms with Crippen molar-refractivity contribution in [1.82, 2.24) is 14.8 Å². The molecule has 6 nitrogen and oxygen atoms in total. The minimum atomic E-state index is -0.269. The number of ether oxygens (including phenoxy) is 1. The van der Waals surface area contributed by atoms with Crippen molar-refractivity contribution in [2.24, 2.45) is 0 Å². The molecule has 2 aromatic heterocycles. The van der Waals surface area contributed by atoms with E-state index in [2.05, 4.69) is 15.4 Å². The van der Waals surface area contributed by atoms with E-state index in [1.807, 2.05) is 48.7 Å². The number of amides is 1. The zero-order valence-electron chi connectivity index (χ0n) is 16.5. The lowest BCUT2D eigenvalue weighted by Crippen LogP contribution is -2.12. The molecule has 158 valence electrons. The van der Waals surface area contributed by atoms with Crippen molar-refractivity contribution in [1.29, 1.82) is 0 Å². The number of aryl methyl sites for hydroxylation is 1. The summed E-state index contributed by atoms with van der Waals surface area (Å²) in [6.07, 6.45) is 1.56. The highest BCUT2D eigenvalue weighted by molar-refractivity contribution is 7.12. The Morgan fingerprint density at radius 1 is 1.16 bits per heavy atom. The van der Waals surface area contributed by atoms with Crippen molar-refractivity contribution >= 4 is 46.4 Å². The number of carbonyl (C=O) groups is 1. The summed E-state index contributed by atoms with van der Waals surface area (Å²) in [5, 5.41) is 10.3. The highest BCUT2D eigenvalue weighted by Crippen LogP contribution is 2.23. The summed E-state index contributed by atoms with van der Waals surface area (Å²) >= 11 is 13.6. The summed E-state index contributed by atoms with van der Waals surface area (Å²) in [6.45, 7) is 2.74. The van der Waals surface area contributed by atoms with Gasteiger partial charge in [0.25, 0.3) is 5.91 Å². The molecule has 0 atom stereocenters. The largest absolute Gasteiger partial charge is 0.489 e. The van der Waals surface area contributed by atoms with Crippen molar-refractivity contribution in [3.63, 3.8) is 0 Å². The molecule has 4 rings (SSSR count). The number of carbonyl (C=O) groups excluding carboxylic acids is 1. The summed E-state index contributed by atoms with van der Waals surface area (Å²) in [6, 6.07) is 14.8. The van der Waals surface area contributed by atoms with Gasteiger partial charge in [-0.05, 0) is 53.8 Å². The van der Waals surface area contributed by atoms with Crippen LogP contribution in [-0.2, 0) is 13.2 Å². The molecule has 0 saturated carbocycles. The van der Waals surface area contributed by atoms with Gasteiger partial charge < -0.3 is 4.74 Å². The van der Waals surface area contributed by atoms with Crippen LogP contribution in [0.15, 0.2) is 60.2 Å². The van der Waals surface area contributed by atoms with Gasteiger partial charge in [-0.3, -0.25) is 10.1 Å². The lowest BCUT2D eigenvalue weighted by atomic mass is 10.2. The summed E-state index contributed by atoms with van der Waals surface area (Å²) < 4.78 is 7.41. The fraction of sp³-hybridized carbons (Fsp3) is 0.136. The Morgan fingerprint density at radius 3 is 2.81 bits per heavy atom. The highest BCUT2D eigenvalue weighted by atomic mass is 35.5. The minimum Gasteiger partial charge on any atom is -0.489 e. The Bertz CT molecular complexity index is 1220. The molecule has 2 heterocycles. The van der Waals surface area contributed by atoms with Crippen LogP contribution in [0.3, 0.4) is 0 Å². The zero-order valence-corrected chi connectivity index (χ0v) is 18.8. The maximum atomic E-state index is 12.5. The molecular formula is C22H18Cl2N4O2S. The predicted molar refractivity (Wildman–Crippen MR) is 123 cm³/mol. The van der Waals surface area contributed by atoms with Gasteiger partial charge in [-0.25, -0.2) is 9.67 Å². The fourth-order valence-electron chi connectivity index (χ4n) is 2.84. The molecule has 2 aromatic carbocycles. The van der Waals surface area contributed by atoms with Crippen LogP contribution in [-0.4, -0.2) is 20.7 Å². The topological polar surface area (TPSA) is 69.0 Å². The minimum absolute atomic E-state index is 0.236. The number of aromatic nitrogens is 3. The molecule has 1 amide bonds. The SMILES string of the molecule is Cc1cc(OCc2csc(C(=O)Nc3ncn(Cc4ccccc4Cl)n3)c2)ccc1Cl. The molecule has 0 radical (unpaired) electrons. The molecule has 0 aliphatic rings. The van der Waals surface area contributed by atoms with E-state index in [9.17, 15) is 4.79 Å². The number of benzene rings is 2. The Kier molecular flexibility index (Phi) is 6.56. The molecule has 0 unspecified atom stereocenters. The number of thiophene rings is 1. The predicted octanol–water partition coefficient (Wildman–Crippen LogP) is 5.83. The average Bonchev–Trinajstić information content (AvgIpc) is 3.40. The number of nitrogens with one attached hydrogen (secondary N) is 1. The third-order valence-corrected chi connectivity index (χ3v) is 6.24. The number of rotatable bonds is 7. The van der Waals surface area contributed by atoms with Crippen molar-refractivity contribution in [3.8, 4) is 5.75 Å². The van der Waals surface area contributed by atoms with Gasteiger partial charge >= 0.3 is 0 Å². The second kappa shape index (κ2) is 9.51. The van der Waals surface area contributed by atoms with Gasteiger partial charge in [0.05, 0.1) is 11.4 Å². The van der Waals surface area contributed by atoms with Crippen LogP contribution in [0.4, 0.5) is 5.95 Å². The summed E-state index contributed by atoms with van der Waals surface area (Å²) in [4.78, 5) is 17.2. The molecule has 0 spiro atoms. The number of nitrogens with zero attached hydrogens (tertiary/aromatic N) is 3. The maximum Gasteiger partial charge on any atom is 0.268 e. The van der Waals surface area contributed by atoms with Crippen LogP contribution in [0, 0.1) is 6.92 Å². The van der Waals surface area contributed by atoms with Gasteiger partial charge in [-0.1, -0.05) is 41.4 Å². The van der Waals surface area contributed by atoms with Crippen LogP contribution in [0.1, 0.15) is 26.4 Å². The summed E-state index contributed by atoms with van der Waals surface area (Å²) in [5.74, 6) is 0.696. The van der Waals surface area contributed by atoms with Crippen molar-refractivity contribution < 1.29 is 9.53 Å². The third kappa shape index (κ3) is 5.44. The first kappa shape index (κ1) is 21.4. The Balaban J connectivity index is 1.34. The maximum absolute atomic E-state index is 12.5. The van der Waals surface area contributed by atoms with Crippen LogP contribution in [0.5, 0.6) is 5.75 Å². The standard InChI is InChI=1S/C22H18Cl2N4O2S/c1-14-8-17(6-7-18(14)23)30-11-15-9-20(31-12-15)21(29)26-22-25-13-28(27-22)10-16-4-2-3-5-19(16)24/h2-9,12-13H,10-11H2,1H3,(H,26,27,29). The second-order valence-corrected chi connectivity index (χ2v) is 8.56. The average molecular weight is 473 g/mol. The Hall–Kier alpha value is -2.87. The van der Waals surface area contributed by atoms with Gasteiger partial charge in [0.15, 0.2) is 0 Å². The molecule has 0 saturated heterocycles. The van der Waals surface area contributed by atoms with Gasteiger partial charge in [-0.2, -0.15) is 0 Å². The first-order valence-corrected chi connectivity index (χ1v) is 11.0. The normalized spacial score (nSPS) is 10.8. The Labute approximate surface area is 193 Å². The van der Waals surface area contributed by atoms with E-state index in [1.54, 1.807) is 23.1 Å². The van der Waals surface area contributed by atoms with Crippen LogP contribution in [0.25, 0.3) is 0 Å². The molecule has 1 N–H and O–H groups in total. The van der Waals surface area contributed by atoms with E-state index < -0.39 is 0 Å². The van der Waals surface area contributed by atoms with Crippen LogP contribution >= 0.6 is 34.5 Å². The molecule has 4 aromatic rings. The molecular weight excluding hydrogens is 455 g/mol. The molecule has 9 heteroatoms. The Morgan fingerprint density at radius 2 is 2.00 bits per heavy atom. The molecule has 31 heavy (non-hydrogen) atoms. The number of hydrogen-bond acceptors (Lipinski definition) is 5. The summed E-state index contributed by atoms with van der Waals surface area (Å²) in [7, 11) is 0. The van der Waals surface area contributed by atoms with Crippen molar-refractivity contribution in [3.05, 3.63) is 91.9 Å². The van der Waals surface area contributed by atoms with E-state index in [1.165, 1.54) is 11.3 Å². The van der Waals surface area contributed by atoms with Gasteiger partial charge in [0, 0.05) is 15.6 Å². The fourth-order valence-corrected chi connectivity index (χ4v) is 3.94. The van der Waals surface area contributed by atoms with Gasteiger partial charge in [0.1, 0.15) is 18.7 Å². The number of anilines is 1. The number of halogens is 2. The third-order valence-electron chi connectivity index (χ3n) is 4.46. The van der Waals surface area contributed by atoms with Crippen molar-refractivity contribution in [2.45, 2.75) is 20.1 Å². The molecule has 0 bridgehead atoms. The summed E-state index contributed by atoms with van der Waals surface area (Å²) in [5.41, 5.74) is 2.77. The monoisotopic (exact) mass is 472 g/mol. The van der Waals surface area contributed by atoms with Crippen LogP contribution in [0.2, 0.25) is 10.0 Å². The smallest absolute Gasteiger partial charge is 0.268 e. The van der Waals surface area contributed by atoms with E-state index in [0.29, 0.717) is 28.1 Å². The lowest BCUT2D eigenvalue weighted by molar-refractivity contribution is 0.102. The lowest BCUT2D eigenvalue weighted by Gasteiger charge is -2.06. The van der Waals surface area contributed by atoms with Gasteiger partial charge in [0.2, 0.25) is 5.95 Å². The first-order chi connectivity index (χ1) is 15.0. The molecule has 0 fully saturated rings.